The lowest BCUT2D eigenvalue weighted by molar-refractivity contribution is -0.142. The summed E-state index contributed by atoms with van der Waals surface area (Å²) in [5.41, 5.74) is 5.44. The van der Waals surface area contributed by atoms with E-state index in [2.05, 4.69) is 16.0 Å². The van der Waals surface area contributed by atoms with Crippen LogP contribution in [0.1, 0.15) is 78.1 Å². The van der Waals surface area contributed by atoms with Crippen molar-refractivity contribution in [2.45, 2.75) is 102 Å². The first kappa shape index (κ1) is 31.8. The molecule has 0 radical (unpaired) electrons. The van der Waals surface area contributed by atoms with Crippen molar-refractivity contribution in [3.63, 3.8) is 0 Å². The molecule has 0 aliphatic heterocycles. The van der Waals surface area contributed by atoms with Crippen LogP contribution in [0.2, 0.25) is 0 Å². The van der Waals surface area contributed by atoms with E-state index in [1.807, 2.05) is 6.92 Å². The van der Waals surface area contributed by atoms with Crippen LogP contribution in [0.15, 0.2) is 0 Å². The highest BCUT2D eigenvalue weighted by Crippen LogP contribution is 2.07. The third kappa shape index (κ3) is 14.6. The third-order valence-corrected chi connectivity index (χ3v) is 5.26. The standard InChI is InChI=1S/C22H38N4O9/c1-3-4-5-6-10-17(27)26-16(22(34)35)11-12-18(28)25-15(9-7-8-14(23)21(32)33)19(29)24-13(2)20(30)31/h13-16H,3-12,23H2,1-2H3,(H,24,29)(H,25,28)(H,26,27)(H,30,31)(H,32,33)(H,34,35)/t13-,14-,15+,16+/m1/s1. The minimum absolute atomic E-state index is 0.0122. The summed E-state index contributed by atoms with van der Waals surface area (Å²) in [6, 6.07) is -4.85. The molecule has 0 bridgehead atoms. The zero-order valence-electron chi connectivity index (χ0n) is 20.2. The summed E-state index contributed by atoms with van der Waals surface area (Å²) in [6.07, 6.45) is 3.25. The number of hydrogen-bond acceptors (Lipinski definition) is 7. The van der Waals surface area contributed by atoms with Gasteiger partial charge in [-0.2, -0.15) is 0 Å². The van der Waals surface area contributed by atoms with Gasteiger partial charge in [-0.25, -0.2) is 4.79 Å². The molecule has 200 valence electrons. The van der Waals surface area contributed by atoms with E-state index in [0.29, 0.717) is 6.42 Å². The van der Waals surface area contributed by atoms with Crippen molar-refractivity contribution in [3.8, 4) is 0 Å². The van der Waals surface area contributed by atoms with Crippen LogP contribution in [0, 0.1) is 0 Å². The molecule has 0 saturated heterocycles. The molecule has 13 heteroatoms. The Kier molecular flexibility index (Phi) is 15.7. The second-order valence-corrected chi connectivity index (χ2v) is 8.37. The summed E-state index contributed by atoms with van der Waals surface area (Å²) in [6.45, 7) is 3.26. The van der Waals surface area contributed by atoms with Crippen LogP contribution in [0.5, 0.6) is 0 Å². The fourth-order valence-electron chi connectivity index (χ4n) is 3.09. The van der Waals surface area contributed by atoms with Crippen molar-refractivity contribution < 1.29 is 44.1 Å². The fraction of sp³-hybridized carbons (Fsp3) is 0.727. The zero-order valence-corrected chi connectivity index (χ0v) is 20.2. The average Bonchev–Trinajstić information content (AvgIpc) is 2.78. The Morgan fingerprint density at radius 3 is 1.83 bits per heavy atom. The van der Waals surface area contributed by atoms with Crippen molar-refractivity contribution in [1.29, 1.82) is 0 Å². The van der Waals surface area contributed by atoms with Gasteiger partial charge < -0.3 is 37.0 Å². The number of rotatable bonds is 19. The van der Waals surface area contributed by atoms with Crippen molar-refractivity contribution in [2.75, 3.05) is 0 Å². The Bertz CT molecular complexity index is 744. The Hall–Kier alpha value is -3.22. The predicted molar refractivity (Wildman–Crippen MR) is 124 cm³/mol. The summed E-state index contributed by atoms with van der Waals surface area (Å²) in [7, 11) is 0. The monoisotopic (exact) mass is 502 g/mol. The number of nitrogens with one attached hydrogen (secondary N) is 3. The van der Waals surface area contributed by atoms with Gasteiger partial charge in [-0.3, -0.25) is 24.0 Å². The lowest BCUT2D eigenvalue weighted by atomic mass is 10.0. The molecule has 0 aliphatic carbocycles. The van der Waals surface area contributed by atoms with Crippen LogP contribution < -0.4 is 21.7 Å². The normalized spacial score (nSPS) is 14.1. The lowest BCUT2D eigenvalue weighted by Crippen LogP contribution is -2.51. The largest absolute Gasteiger partial charge is 0.480 e. The second-order valence-electron chi connectivity index (χ2n) is 8.37. The number of carboxylic acid groups (broad SMARTS) is 3. The lowest BCUT2D eigenvalue weighted by Gasteiger charge is -2.21. The Morgan fingerprint density at radius 2 is 1.29 bits per heavy atom. The molecule has 3 amide bonds. The van der Waals surface area contributed by atoms with Gasteiger partial charge in [0.15, 0.2) is 0 Å². The highest BCUT2D eigenvalue weighted by molar-refractivity contribution is 5.90. The second kappa shape index (κ2) is 17.2. The van der Waals surface area contributed by atoms with Crippen LogP contribution in [0.25, 0.3) is 0 Å². The smallest absolute Gasteiger partial charge is 0.326 e. The van der Waals surface area contributed by atoms with E-state index in [-0.39, 0.29) is 38.5 Å². The third-order valence-electron chi connectivity index (χ3n) is 5.26. The minimum atomic E-state index is -1.30. The molecule has 13 nitrogen and oxygen atoms in total. The number of nitrogens with two attached hydrogens (primary N) is 1. The van der Waals surface area contributed by atoms with Gasteiger partial charge in [0.2, 0.25) is 17.7 Å². The number of aliphatic carboxylic acids is 3. The topological polar surface area (TPSA) is 225 Å². The van der Waals surface area contributed by atoms with Crippen molar-refractivity contribution >= 4 is 35.6 Å². The van der Waals surface area contributed by atoms with Gasteiger partial charge in [0, 0.05) is 12.8 Å². The summed E-state index contributed by atoms with van der Waals surface area (Å²) in [5.74, 6) is -5.70. The van der Waals surface area contributed by atoms with Crippen molar-refractivity contribution in [1.82, 2.24) is 16.0 Å². The minimum Gasteiger partial charge on any atom is -0.480 e. The molecule has 0 spiro atoms. The number of amides is 3. The van der Waals surface area contributed by atoms with E-state index in [1.165, 1.54) is 6.92 Å². The van der Waals surface area contributed by atoms with Crippen LogP contribution in [-0.4, -0.2) is 75.1 Å². The molecule has 0 aliphatic rings. The Labute approximate surface area is 204 Å². The first-order valence-electron chi connectivity index (χ1n) is 11.7. The number of carboxylic acids is 3. The first-order chi connectivity index (χ1) is 16.4. The summed E-state index contributed by atoms with van der Waals surface area (Å²) >= 11 is 0. The molecule has 0 saturated carbocycles. The fourth-order valence-corrected chi connectivity index (χ4v) is 3.09. The molecule has 0 unspecified atom stereocenters. The predicted octanol–water partition coefficient (Wildman–Crippen LogP) is -0.0373. The van der Waals surface area contributed by atoms with Crippen LogP contribution in [-0.2, 0) is 28.8 Å². The molecule has 0 rings (SSSR count). The van der Waals surface area contributed by atoms with Gasteiger partial charge in [0.1, 0.15) is 24.2 Å². The van der Waals surface area contributed by atoms with Crippen molar-refractivity contribution in [2.24, 2.45) is 5.73 Å². The molecule has 0 heterocycles. The molecule has 35 heavy (non-hydrogen) atoms. The Balaban J connectivity index is 4.95. The highest BCUT2D eigenvalue weighted by atomic mass is 16.4. The van der Waals surface area contributed by atoms with Gasteiger partial charge >= 0.3 is 17.9 Å². The zero-order chi connectivity index (χ0) is 27.0. The maximum absolute atomic E-state index is 12.5. The maximum Gasteiger partial charge on any atom is 0.326 e. The molecular formula is C22H38N4O9. The maximum atomic E-state index is 12.5. The molecular weight excluding hydrogens is 464 g/mol. The van der Waals surface area contributed by atoms with Gasteiger partial charge in [0.25, 0.3) is 0 Å². The summed E-state index contributed by atoms with van der Waals surface area (Å²) in [4.78, 5) is 70.2. The van der Waals surface area contributed by atoms with Gasteiger partial charge in [-0.05, 0) is 39.0 Å². The first-order valence-corrected chi connectivity index (χ1v) is 11.7. The summed E-state index contributed by atoms with van der Waals surface area (Å²) < 4.78 is 0. The van der Waals surface area contributed by atoms with Crippen LogP contribution in [0.3, 0.4) is 0 Å². The molecule has 0 aromatic heterocycles. The number of hydrogen-bond donors (Lipinski definition) is 7. The SMILES string of the molecule is CCCCCCC(=O)N[C@@H](CCC(=O)N[C@@H](CCC[C@@H](N)C(=O)O)C(=O)N[C@H](C)C(=O)O)C(=O)O. The quantitative estimate of drug-likeness (QED) is 0.117. The number of carbonyl (C=O) groups excluding carboxylic acids is 3. The molecule has 8 N–H and O–H groups in total. The molecule has 4 atom stereocenters. The van der Waals surface area contributed by atoms with E-state index in [1.54, 1.807) is 0 Å². The van der Waals surface area contributed by atoms with E-state index >= 15 is 0 Å². The van der Waals surface area contributed by atoms with E-state index in [9.17, 15) is 33.9 Å². The van der Waals surface area contributed by atoms with Gasteiger partial charge in [-0.15, -0.1) is 0 Å². The number of unbranched alkanes of at least 4 members (excludes halogenated alkanes) is 3. The van der Waals surface area contributed by atoms with Crippen molar-refractivity contribution in [3.05, 3.63) is 0 Å². The van der Waals surface area contributed by atoms with Crippen LogP contribution >= 0.6 is 0 Å². The van der Waals surface area contributed by atoms with E-state index in [0.717, 1.165) is 19.3 Å². The molecule has 0 aromatic carbocycles. The van der Waals surface area contributed by atoms with E-state index in [4.69, 9.17) is 15.9 Å². The van der Waals surface area contributed by atoms with Gasteiger partial charge in [-0.1, -0.05) is 26.2 Å². The summed E-state index contributed by atoms with van der Waals surface area (Å²) in [5, 5.41) is 34.2. The van der Waals surface area contributed by atoms with Gasteiger partial charge in [0.05, 0.1) is 0 Å². The Morgan fingerprint density at radius 1 is 0.686 bits per heavy atom. The van der Waals surface area contributed by atoms with E-state index < -0.39 is 59.8 Å². The molecule has 0 aromatic rings. The number of carbonyl (C=O) groups is 6. The molecule has 0 fully saturated rings. The van der Waals surface area contributed by atoms with Crippen LogP contribution in [0.4, 0.5) is 0 Å². The highest BCUT2D eigenvalue weighted by Gasteiger charge is 2.26. The average molecular weight is 503 g/mol.